The summed E-state index contributed by atoms with van der Waals surface area (Å²) >= 11 is 0. The van der Waals surface area contributed by atoms with E-state index in [9.17, 15) is 4.79 Å². The van der Waals surface area contributed by atoms with Crippen LogP contribution >= 0.6 is 0 Å². The molecule has 1 N–H and O–H groups in total. The molecule has 0 heterocycles. The van der Waals surface area contributed by atoms with Crippen molar-refractivity contribution < 1.29 is 9.90 Å². The minimum atomic E-state index is -0.702. The topological polar surface area (TPSA) is 37.3 Å². The third-order valence-electron chi connectivity index (χ3n) is 1.57. The molecule has 1 atom stereocenters. The van der Waals surface area contributed by atoms with Crippen molar-refractivity contribution in [2.24, 2.45) is 5.92 Å². The van der Waals surface area contributed by atoms with Crippen LogP contribution in [0.2, 0.25) is 0 Å². The van der Waals surface area contributed by atoms with Gasteiger partial charge in [-0.15, -0.1) is 0 Å². The molecule has 0 aromatic rings. The van der Waals surface area contributed by atoms with Gasteiger partial charge in [0.2, 0.25) is 0 Å². The van der Waals surface area contributed by atoms with Crippen LogP contribution in [0.25, 0.3) is 0 Å². The summed E-state index contributed by atoms with van der Waals surface area (Å²) in [4.78, 5) is 10.4. The number of aliphatic carboxylic acids is 1. The Morgan fingerprint density at radius 2 is 2.09 bits per heavy atom. The number of allylic oxidation sites excluding steroid dienone is 2. The van der Waals surface area contributed by atoms with Crippen LogP contribution in [0.1, 0.15) is 33.6 Å². The highest BCUT2D eigenvalue weighted by molar-refractivity contribution is 5.69. The maximum atomic E-state index is 10.4. The van der Waals surface area contributed by atoms with Gasteiger partial charge in [-0.1, -0.05) is 18.6 Å². The fourth-order valence-electron chi connectivity index (χ4n) is 0.745. The van der Waals surface area contributed by atoms with Crippen molar-refractivity contribution in [3.63, 3.8) is 0 Å². The van der Waals surface area contributed by atoms with Gasteiger partial charge >= 0.3 is 5.97 Å². The van der Waals surface area contributed by atoms with E-state index in [1.54, 1.807) is 6.92 Å². The number of hydrogen-bond acceptors (Lipinski definition) is 1. The Morgan fingerprint density at radius 1 is 1.55 bits per heavy atom. The molecule has 11 heavy (non-hydrogen) atoms. The molecule has 0 aliphatic rings. The van der Waals surface area contributed by atoms with E-state index >= 15 is 0 Å². The van der Waals surface area contributed by atoms with Crippen LogP contribution in [0.3, 0.4) is 0 Å². The van der Waals surface area contributed by atoms with Crippen LogP contribution in [0.15, 0.2) is 11.6 Å². The number of carboxylic acid groups (broad SMARTS) is 1. The minimum absolute atomic E-state index is 0.217. The van der Waals surface area contributed by atoms with Crippen molar-refractivity contribution in [1.82, 2.24) is 0 Å². The van der Waals surface area contributed by atoms with E-state index in [0.717, 1.165) is 12.8 Å². The molecule has 0 radical (unpaired) electrons. The van der Waals surface area contributed by atoms with Gasteiger partial charge in [-0.2, -0.15) is 0 Å². The van der Waals surface area contributed by atoms with E-state index in [4.69, 9.17) is 5.11 Å². The number of rotatable bonds is 4. The lowest BCUT2D eigenvalue weighted by Gasteiger charge is -2.02. The smallest absolute Gasteiger partial charge is 0.306 e. The van der Waals surface area contributed by atoms with Gasteiger partial charge in [0.25, 0.3) is 0 Å². The zero-order valence-corrected chi connectivity index (χ0v) is 7.42. The molecule has 1 unspecified atom stereocenters. The molecule has 64 valence electrons. The molecule has 0 rings (SSSR count). The Morgan fingerprint density at radius 3 is 2.45 bits per heavy atom. The molecule has 0 saturated carbocycles. The van der Waals surface area contributed by atoms with Gasteiger partial charge in [0.05, 0.1) is 5.92 Å². The normalized spacial score (nSPS) is 12.3. The Labute approximate surface area is 67.9 Å². The molecule has 2 nitrogen and oxygen atoms in total. The molecule has 0 aliphatic heterocycles. The lowest BCUT2D eigenvalue weighted by atomic mass is 10.1. The number of carboxylic acids is 1. The van der Waals surface area contributed by atoms with Gasteiger partial charge in [0.15, 0.2) is 0 Å². The van der Waals surface area contributed by atoms with Crippen molar-refractivity contribution in [3.05, 3.63) is 11.6 Å². The van der Waals surface area contributed by atoms with Crippen molar-refractivity contribution in [1.29, 1.82) is 0 Å². The van der Waals surface area contributed by atoms with Crippen molar-refractivity contribution in [3.8, 4) is 0 Å². The second-order valence-electron chi connectivity index (χ2n) is 3.10. The summed E-state index contributed by atoms with van der Waals surface area (Å²) in [5.74, 6) is -0.919. The Hall–Kier alpha value is -0.790. The van der Waals surface area contributed by atoms with Crippen LogP contribution in [-0.4, -0.2) is 11.1 Å². The molecule has 0 spiro atoms. The average Bonchev–Trinajstić information content (AvgIpc) is 1.86. The van der Waals surface area contributed by atoms with Gasteiger partial charge < -0.3 is 5.11 Å². The summed E-state index contributed by atoms with van der Waals surface area (Å²) in [6, 6.07) is 0. The lowest BCUT2D eigenvalue weighted by Crippen LogP contribution is -2.08. The summed E-state index contributed by atoms with van der Waals surface area (Å²) < 4.78 is 0. The summed E-state index contributed by atoms with van der Waals surface area (Å²) in [6.07, 6.45) is 3.68. The van der Waals surface area contributed by atoms with Crippen molar-refractivity contribution in [2.45, 2.75) is 33.6 Å². The Balaban J connectivity index is 3.55. The SMILES string of the molecule is CC(C)=CCCC(C)C(=O)O. The fraction of sp³-hybridized carbons (Fsp3) is 0.667. The van der Waals surface area contributed by atoms with Crippen molar-refractivity contribution >= 4 is 5.97 Å². The molecule has 0 aliphatic carbocycles. The molecule has 0 saturated heterocycles. The van der Waals surface area contributed by atoms with Gasteiger partial charge in [0, 0.05) is 0 Å². The highest BCUT2D eigenvalue weighted by Crippen LogP contribution is 2.07. The molecule has 0 bridgehead atoms. The third kappa shape index (κ3) is 5.64. The van der Waals surface area contributed by atoms with Gasteiger partial charge in [0.1, 0.15) is 0 Å². The largest absolute Gasteiger partial charge is 0.481 e. The predicted molar refractivity (Wildman–Crippen MR) is 45.5 cm³/mol. The molecule has 0 aromatic heterocycles. The Kier molecular flexibility index (Phi) is 4.59. The predicted octanol–water partition coefficient (Wildman–Crippen LogP) is 2.45. The van der Waals surface area contributed by atoms with Gasteiger partial charge in [-0.25, -0.2) is 0 Å². The lowest BCUT2D eigenvalue weighted by molar-refractivity contribution is -0.141. The van der Waals surface area contributed by atoms with E-state index in [1.165, 1.54) is 5.57 Å². The Bertz CT molecular complexity index is 155. The van der Waals surface area contributed by atoms with Gasteiger partial charge in [-0.05, 0) is 26.7 Å². The molecule has 2 heteroatoms. The quantitative estimate of drug-likeness (QED) is 0.635. The van der Waals surface area contributed by atoms with Crippen molar-refractivity contribution in [2.75, 3.05) is 0 Å². The molecule has 0 fully saturated rings. The maximum Gasteiger partial charge on any atom is 0.306 e. The summed E-state index contributed by atoms with van der Waals surface area (Å²) in [6.45, 7) is 5.78. The minimum Gasteiger partial charge on any atom is -0.481 e. The standard InChI is InChI=1S/C9H16O2/c1-7(2)5-4-6-8(3)9(10)11/h5,8H,4,6H2,1-3H3,(H,10,11). The highest BCUT2D eigenvalue weighted by atomic mass is 16.4. The average molecular weight is 156 g/mol. The zero-order chi connectivity index (χ0) is 8.85. The van der Waals surface area contributed by atoms with Crippen LogP contribution in [-0.2, 0) is 4.79 Å². The number of hydrogen-bond donors (Lipinski definition) is 1. The van der Waals surface area contributed by atoms with Gasteiger partial charge in [-0.3, -0.25) is 4.79 Å². The first-order chi connectivity index (χ1) is 5.04. The molecule has 0 amide bonds. The van der Waals surface area contributed by atoms with E-state index in [-0.39, 0.29) is 5.92 Å². The first kappa shape index (κ1) is 10.2. The highest BCUT2D eigenvalue weighted by Gasteiger charge is 2.08. The summed E-state index contributed by atoms with van der Waals surface area (Å²) in [5, 5.41) is 8.53. The third-order valence-corrected chi connectivity index (χ3v) is 1.57. The number of carbonyl (C=O) groups is 1. The zero-order valence-electron chi connectivity index (χ0n) is 7.42. The van der Waals surface area contributed by atoms with E-state index < -0.39 is 5.97 Å². The van der Waals surface area contributed by atoms with Crippen LogP contribution < -0.4 is 0 Å². The first-order valence-corrected chi connectivity index (χ1v) is 3.90. The molecule has 0 aromatic carbocycles. The van der Waals surface area contributed by atoms with E-state index in [1.807, 2.05) is 13.8 Å². The monoisotopic (exact) mass is 156 g/mol. The second-order valence-corrected chi connectivity index (χ2v) is 3.10. The summed E-state index contributed by atoms with van der Waals surface area (Å²) in [5.41, 5.74) is 1.25. The van der Waals surface area contributed by atoms with Crippen LogP contribution in [0.5, 0.6) is 0 Å². The first-order valence-electron chi connectivity index (χ1n) is 3.90. The fourth-order valence-corrected chi connectivity index (χ4v) is 0.745. The van der Waals surface area contributed by atoms with E-state index in [2.05, 4.69) is 6.08 Å². The molecular weight excluding hydrogens is 140 g/mol. The maximum absolute atomic E-state index is 10.4. The van der Waals surface area contributed by atoms with E-state index in [0.29, 0.717) is 0 Å². The van der Waals surface area contributed by atoms with Crippen LogP contribution in [0.4, 0.5) is 0 Å². The summed E-state index contributed by atoms with van der Waals surface area (Å²) in [7, 11) is 0. The van der Waals surface area contributed by atoms with Crippen LogP contribution in [0, 0.1) is 5.92 Å². The molecular formula is C9H16O2. The second kappa shape index (κ2) is 4.94.